The van der Waals surface area contributed by atoms with Crippen LogP contribution < -0.4 is 5.32 Å². The van der Waals surface area contributed by atoms with Crippen molar-refractivity contribution in [1.29, 1.82) is 0 Å². The molecule has 1 aliphatic rings. The van der Waals surface area contributed by atoms with Gasteiger partial charge in [0, 0.05) is 26.7 Å². The van der Waals surface area contributed by atoms with Crippen LogP contribution in [0.25, 0.3) is 0 Å². The van der Waals surface area contributed by atoms with E-state index in [1.165, 1.54) is 6.33 Å². The zero-order chi connectivity index (χ0) is 16.1. The number of aryl methyl sites for hydroxylation is 2. The van der Waals surface area contributed by atoms with Gasteiger partial charge in [0.05, 0.1) is 19.0 Å². The van der Waals surface area contributed by atoms with E-state index in [2.05, 4.69) is 25.6 Å². The van der Waals surface area contributed by atoms with Crippen LogP contribution in [-0.4, -0.2) is 49.2 Å². The summed E-state index contributed by atoms with van der Waals surface area (Å²) in [4.78, 5) is 16.5. The summed E-state index contributed by atoms with van der Waals surface area (Å²) >= 11 is 0. The molecule has 2 aromatic rings. The second-order valence-electron chi connectivity index (χ2n) is 5.60. The highest BCUT2D eigenvalue weighted by atomic mass is 16.5. The molecule has 9 heteroatoms. The first kappa shape index (κ1) is 15.6. The van der Waals surface area contributed by atoms with Crippen molar-refractivity contribution in [3.05, 3.63) is 24.3 Å². The second-order valence-corrected chi connectivity index (χ2v) is 5.60. The molecule has 0 radical (unpaired) electrons. The molecule has 0 aliphatic carbocycles. The third kappa shape index (κ3) is 3.73. The lowest BCUT2D eigenvalue weighted by molar-refractivity contribution is -0.126. The lowest BCUT2D eigenvalue weighted by Gasteiger charge is -2.21. The molecule has 1 N–H and O–H groups in total. The highest BCUT2D eigenvalue weighted by Gasteiger charge is 2.25. The summed E-state index contributed by atoms with van der Waals surface area (Å²) in [6, 6.07) is 0. The smallest absolute Gasteiger partial charge is 0.225 e. The monoisotopic (exact) mass is 319 g/mol. The first-order valence-electron chi connectivity index (χ1n) is 7.78. The topological polar surface area (TPSA) is 99.8 Å². The van der Waals surface area contributed by atoms with Crippen molar-refractivity contribution in [2.75, 3.05) is 13.7 Å². The first-order chi connectivity index (χ1) is 11.3. The van der Waals surface area contributed by atoms with E-state index in [9.17, 15) is 4.79 Å². The van der Waals surface area contributed by atoms with Crippen LogP contribution >= 0.6 is 0 Å². The van der Waals surface area contributed by atoms with Crippen molar-refractivity contribution >= 4 is 5.91 Å². The number of ether oxygens (including phenoxy) is 1. The largest absolute Gasteiger partial charge is 0.385 e. The Kier molecular flexibility index (Phi) is 4.96. The third-order valence-corrected chi connectivity index (χ3v) is 4.04. The van der Waals surface area contributed by atoms with Gasteiger partial charge in [0.1, 0.15) is 18.5 Å². The normalized spacial score (nSPS) is 17.0. The van der Waals surface area contributed by atoms with Gasteiger partial charge in [-0.3, -0.25) is 4.79 Å². The summed E-state index contributed by atoms with van der Waals surface area (Å²) in [6.45, 7) is 2.43. The van der Waals surface area contributed by atoms with Crippen molar-refractivity contribution < 1.29 is 9.53 Å². The maximum absolute atomic E-state index is 12.3. The molecule has 1 unspecified atom stereocenters. The van der Waals surface area contributed by atoms with Gasteiger partial charge in [-0.1, -0.05) is 0 Å². The average molecular weight is 319 g/mol. The lowest BCUT2D eigenvalue weighted by atomic mass is 9.99. The number of hydrogen-bond acceptors (Lipinski definition) is 6. The second kappa shape index (κ2) is 7.32. The fourth-order valence-corrected chi connectivity index (χ4v) is 2.74. The fourth-order valence-electron chi connectivity index (χ4n) is 2.74. The van der Waals surface area contributed by atoms with E-state index in [1.54, 1.807) is 18.1 Å². The number of methoxy groups -OCH3 is 1. The van der Waals surface area contributed by atoms with Gasteiger partial charge >= 0.3 is 0 Å². The standard InChI is InChI=1S/C14H21N7O2/c1-23-6-2-5-20-10-17-19-13(20)7-15-14(22)11-3-4-12-16-9-18-21(12)8-11/h9-11H,2-8H2,1H3,(H,15,22). The molecule has 1 aliphatic heterocycles. The summed E-state index contributed by atoms with van der Waals surface area (Å²) in [7, 11) is 1.68. The number of fused-ring (bicyclic) bond motifs is 1. The molecule has 0 aromatic carbocycles. The molecule has 124 valence electrons. The van der Waals surface area contributed by atoms with Gasteiger partial charge in [0.15, 0.2) is 5.82 Å². The van der Waals surface area contributed by atoms with E-state index in [-0.39, 0.29) is 11.8 Å². The van der Waals surface area contributed by atoms with Crippen LogP contribution in [0.3, 0.4) is 0 Å². The Morgan fingerprint density at radius 2 is 2.43 bits per heavy atom. The molecule has 1 atom stereocenters. The van der Waals surface area contributed by atoms with Gasteiger partial charge in [-0.25, -0.2) is 9.67 Å². The molecule has 3 rings (SSSR count). The van der Waals surface area contributed by atoms with Gasteiger partial charge in [-0.15, -0.1) is 10.2 Å². The molecule has 2 aromatic heterocycles. The molecular formula is C14H21N7O2. The number of nitrogens with zero attached hydrogens (tertiary/aromatic N) is 6. The number of hydrogen-bond donors (Lipinski definition) is 1. The van der Waals surface area contributed by atoms with Gasteiger partial charge in [-0.2, -0.15) is 5.10 Å². The molecular weight excluding hydrogens is 298 g/mol. The molecule has 0 saturated heterocycles. The van der Waals surface area contributed by atoms with Crippen LogP contribution in [0.15, 0.2) is 12.7 Å². The molecule has 0 fully saturated rings. The number of carbonyl (C=O) groups excluding carboxylic acids is 1. The van der Waals surface area contributed by atoms with E-state index in [0.29, 0.717) is 19.7 Å². The Balaban J connectivity index is 1.51. The number of aromatic nitrogens is 6. The van der Waals surface area contributed by atoms with Crippen molar-refractivity contribution in [3.63, 3.8) is 0 Å². The Morgan fingerprint density at radius 1 is 1.52 bits per heavy atom. The van der Waals surface area contributed by atoms with Crippen LogP contribution in [-0.2, 0) is 35.6 Å². The molecule has 23 heavy (non-hydrogen) atoms. The predicted molar refractivity (Wildman–Crippen MR) is 80.2 cm³/mol. The van der Waals surface area contributed by atoms with Crippen molar-refractivity contribution in [3.8, 4) is 0 Å². The highest BCUT2D eigenvalue weighted by molar-refractivity contribution is 5.78. The summed E-state index contributed by atoms with van der Waals surface area (Å²) in [5.41, 5.74) is 0. The quantitative estimate of drug-likeness (QED) is 0.709. The van der Waals surface area contributed by atoms with Gasteiger partial charge in [-0.05, 0) is 12.8 Å². The zero-order valence-corrected chi connectivity index (χ0v) is 13.2. The molecule has 9 nitrogen and oxygen atoms in total. The Morgan fingerprint density at radius 3 is 3.30 bits per heavy atom. The maximum atomic E-state index is 12.3. The third-order valence-electron chi connectivity index (χ3n) is 4.04. The van der Waals surface area contributed by atoms with Gasteiger partial charge < -0.3 is 14.6 Å². The van der Waals surface area contributed by atoms with E-state index in [4.69, 9.17) is 4.74 Å². The van der Waals surface area contributed by atoms with E-state index < -0.39 is 0 Å². The van der Waals surface area contributed by atoms with Crippen LogP contribution in [0.2, 0.25) is 0 Å². The maximum Gasteiger partial charge on any atom is 0.225 e. The van der Waals surface area contributed by atoms with E-state index in [1.807, 2.05) is 4.57 Å². The Hall–Kier alpha value is -2.29. The minimum atomic E-state index is -0.0749. The van der Waals surface area contributed by atoms with Gasteiger partial charge in [0.2, 0.25) is 5.91 Å². The Labute approximate surface area is 134 Å². The minimum absolute atomic E-state index is 0.0255. The summed E-state index contributed by atoms with van der Waals surface area (Å²) < 4.78 is 8.79. The summed E-state index contributed by atoms with van der Waals surface area (Å²) in [6.07, 6.45) is 5.68. The van der Waals surface area contributed by atoms with Crippen LogP contribution in [0.1, 0.15) is 24.5 Å². The molecule has 0 saturated carbocycles. The zero-order valence-electron chi connectivity index (χ0n) is 13.2. The predicted octanol–water partition coefficient (Wildman–Crippen LogP) is -0.215. The lowest BCUT2D eigenvalue weighted by Crippen LogP contribution is -2.36. The Bertz CT molecular complexity index is 651. The minimum Gasteiger partial charge on any atom is -0.385 e. The van der Waals surface area contributed by atoms with Crippen LogP contribution in [0.5, 0.6) is 0 Å². The van der Waals surface area contributed by atoms with Crippen molar-refractivity contribution in [2.45, 2.75) is 38.9 Å². The van der Waals surface area contributed by atoms with Gasteiger partial charge in [0.25, 0.3) is 0 Å². The SMILES string of the molecule is COCCCn1cnnc1CNC(=O)C1CCc2ncnn2C1. The number of amides is 1. The molecule has 3 heterocycles. The average Bonchev–Trinajstić information content (AvgIpc) is 3.21. The molecule has 0 spiro atoms. The molecule has 0 bridgehead atoms. The first-order valence-corrected chi connectivity index (χ1v) is 7.78. The van der Waals surface area contributed by atoms with E-state index in [0.717, 1.165) is 37.5 Å². The highest BCUT2D eigenvalue weighted by Crippen LogP contribution is 2.17. The van der Waals surface area contributed by atoms with Crippen molar-refractivity contribution in [2.24, 2.45) is 5.92 Å². The number of nitrogens with one attached hydrogen (secondary N) is 1. The van der Waals surface area contributed by atoms with E-state index >= 15 is 0 Å². The number of rotatable bonds is 7. The fraction of sp³-hybridized carbons (Fsp3) is 0.643. The summed E-state index contributed by atoms with van der Waals surface area (Å²) in [5.74, 6) is 1.66. The summed E-state index contributed by atoms with van der Waals surface area (Å²) in [5, 5.41) is 15.1. The van der Waals surface area contributed by atoms with Crippen LogP contribution in [0.4, 0.5) is 0 Å². The number of carbonyl (C=O) groups is 1. The van der Waals surface area contributed by atoms with Crippen molar-refractivity contribution in [1.82, 2.24) is 34.8 Å². The molecule has 1 amide bonds. The van der Waals surface area contributed by atoms with Crippen LogP contribution in [0, 0.1) is 5.92 Å².